The molecule has 60 valence electrons. The van der Waals surface area contributed by atoms with Crippen molar-refractivity contribution >= 4 is 0 Å². The molecule has 0 bridgehead atoms. The fourth-order valence-corrected chi connectivity index (χ4v) is 1.32. The molecule has 1 aliphatic rings. The van der Waals surface area contributed by atoms with Gasteiger partial charge in [-0.3, -0.25) is 0 Å². The summed E-state index contributed by atoms with van der Waals surface area (Å²) in [6.45, 7) is 1.95. The smallest absolute Gasteiger partial charge is 0.0925 e. The Morgan fingerprint density at radius 2 is 1.90 bits per heavy atom. The van der Waals surface area contributed by atoms with E-state index in [1.807, 2.05) is 0 Å². The third-order valence-corrected chi connectivity index (χ3v) is 2.18. The van der Waals surface area contributed by atoms with E-state index >= 15 is 0 Å². The summed E-state index contributed by atoms with van der Waals surface area (Å²) in [5, 5.41) is 0. The third kappa shape index (κ3) is 1.48. The molecule has 1 saturated heterocycles. The second-order valence-corrected chi connectivity index (χ2v) is 2.90. The molecule has 1 aliphatic heterocycles. The van der Waals surface area contributed by atoms with Gasteiger partial charge in [-0.1, -0.05) is 0 Å². The summed E-state index contributed by atoms with van der Waals surface area (Å²) in [6.07, 6.45) is 3.39. The van der Waals surface area contributed by atoms with Crippen LogP contribution in [-0.2, 0) is 4.74 Å². The zero-order valence-corrected chi connectivity index (χ0v) is 6.31. The molecule has 4 N–H and O–H groups in total. The predicted molar refractivity (Wildman–Crippen MR) is 40.6 cm³/mol. The average Bonchev–Trinajstić information content (AvgIpc) is 2.06. The van der Waals surface area contributed by atoms with Crippen LogP contribution in [0.1, 0.15) is 19.3 Å². The molecule has 0 aromatic carbocycles. The maximum Gasteiger partial charge on any atom is 0.0925 e. The molecular formula is C7H16N2O. The van der Waals surface area contributed by atoms with E-state index in [0.29, 0.717) is 13.1 Å². The molecule has 0 aromatic heterocycles. The molecule has 0 radical (unpaired) electrons. The van der Waals surface area contributed by atoms with Crippen molar-refractivity contribution in [1.82, 2.24) is 0 Å². The van der Waals surface area contributed by atoms with Crippen LogP contribution in [0.3, 0.4) is 0 Å². The van der Waals surface area contributed by atoms with E-state index in [0.717, 1.165) is 19.4 Å². The molecule has 1 rings (SSSR count). The van der Waals surface area contributed by atoms with E-state index in [2.05, 4.69) is 0 Å². The second-order valence-electron chi connectivity index (χ2n) is 2.90. The second kappa shape index (κ2) is 3.32. The summed E-state index contributed by atoms with van der Waals surface area (Å²) in [5.41, 5.74) is 10.9. The Morgan fingerprint density at radius 1 is 1.20 bits per heavy atom. The van der Waals surface area contributed by atoms with Crippen molar-refractivity contribution in [1.29, 1.82) is 0 Å². The van der Waals surface area contributed by atoms with Crippen LogP contribution < -0.4 is 11.5 Å². The van der Waals surface area contributed by atoms with Crippen molar-refractivity contribution in [3.05, 3.63) is 0 Å². The van der Waals surface area contributed by atoms with E-state index in [9.17, 15) is 0 Å². The lowest BCUT2D eigenvalue weighted by Crippen LogP contribution is -2.49. The van der Waals surface area contributed by atoms with Crippen LogP contribution in [-0.4, -0.2) is 25.3 Å². The molecule has 0 amide bonds. The van der Waals surface area contributed by atoms with E-state index in [4.69, 9.17) is 16.2 Å². The Hall–Kier alpha value is -0.120. The van der Waals surface area contributed by atoms with Crippen molar-refractivity contribution in [2.75, 3.05) is 19.7 Å². The average molecular weight is 144 g/mol. The van der Waals surface area contributed by atoms with Crippen LogP contribution in [0.2, 0.25) is 0 Å². The van der Waals surface area contributed by atoms with Crippen LogP contribution in [0.25, 0.3) is 0 Å². The lowest BCUT2D eigenvalue weighted by molar-refractivity contribution is -0.0645. The molecule has 3 heteroatoms. The van der Waals surface area contributed by atoms with E-state index in [1.165, 1.54) is 6.42 Å². The maximum atomic E-state index is 5.54. The Bertz CT molecular complexity index is 93.8. The topological polar surface area (TPSA) is 61.3 Å². The normalized spacial score (nSPS) is 24.6. The number of hydrogen-bond acceptors (Lipinski definition) is 3. The zero-order valence-electron chi connectivity index (χ0n) is 6.31. The largest absolute Gasteiger partial charge is 0.372 e. The number of ether oxygens (including phenoxy) is 1. The Kier molecular flexibility index (Phi) is 2.65. The van der Waals surface area contributed by atoms with Gasteiger partial charge in [-0.15, -0.1) is 0 Å². The molecular weight excluding hydrogens is 128 g/mol. The predicted octanol–water partition coefficient (Wildman–Crippen LogP) is -0.157. The first-order valence-electron chi connectivity index (χ1n) is 3.87. The highest BCUT2D eigenvalue weighted by atomic mass is 16.5. The minimum Gasteiger partial charge on any atom is -0.372 e. The molecule has 0 saturated carbocycles. The van der Waals surface area contributed by atoms with E-state index in [-0.39, 0.29) is 5.60 Å². The van der Waals surface area contributed by atoms with Gasteiger partial charge in [-0.05, 0) is 19.3 Å². The molecule has 0 aromatic rings. The van der Waals surface area contributed by atoms with Crippen LogP contribution in [0, 0.1) is 0 Å². The van der Waals surface area contributed by atoms with Crippen molar-refractivity contribution in [2.24, 2.45) is 11.5 Å². The highest BCUT2D eigenvalue weighted by Gasteiger charge is 2.29. The molecule has 0 aliphatic carbocycles. The summed E-state index contributed by atoms with van der Waals surface area (Å²) in [4.78, 5) is 0. The lowest BCUT2D eigenvalue weighted by Gasteiger charge is -2.34. The van der Waals surface area contributed by atoms with Gasteiger partial charge >= 0.3 is 0 Å². The number of nitrogens with two attached hydrogens (primary N) is 2. The molecule has 1 fully saturated rings. The molecule has 10 heavy (non-hydrogen) atoms. The summed E-state index contributed by atoms with van der Waals surface area (Å²) < 4.78 is 5.51. The van der Waals surface area contributed by atoms with Crippen molar-refractivity contribution < 1.29 is 4.74 Å². The van der Waals surface area contributed by atoms with Crippen LogP contribution in [0.4, 0.5) is 0 Å². The molecule has 0 atom stereocenters. The summed E-state index contributed by atoms with van der Waals surface area (Å²) >= 11 is 0. The maximum absolute atomic E-state index is 5.54. The van der Waals surface area contributed by atoms with Crippen molar-refractivity contribution in [3.63, 3.8) is 0 Å². The molecule has 3 nitrogen and oxygen atoms in total. The van der Waals surface area contributed by atoms with Gasteiger partial charge in [0.1, 0.15) is 0 Å². The molecule has 0 spiro atoms. The SMILES string of the molecule is NCC1(CN)CCCCO1. The minimum atomic E-state index is -0.182. The van der Waals surface area contributed by atoms with Gasteiger partial charge in [0.05, 0.1) is 5.60 Å². The van der Waals surface area contributed by atoms with Gasteiger partial charge in [0.15, 0.2) is 0 Å². The standard InChI is InChI=1S/C7H16N2O/c8-5-7(6-9)3-1-2-4-10-7/h1-6,8-9H2. The van der Waals surface area contributed by atoms with Gasteiger partial charge in [0.25, 0.3) is 0 Å². The Labute approximate surface area is 61.7 Å². The van der Waals surface area contributed by atoms with Gasteiger partial charge < -0.3 is 16.2 Å². The summed E-state index contributed by atoms with van der Waals surface area (Å²) in [6, 6.07) is 0. The first-order valence-corrected chi connectivity index (χ1v) is 3.87. The Morgan fingerprint density at radius 3 is 2.20 bits per heavy atom. The van der Waals surface area contributed by atoms with E-state index in [1.54, 1.807) is 0 Å². The van der Waals surface area contributed by atoms with Gasteiger partial charge in [-0.2, -0.15) is 0 Å². The number of hydrogen-bond donors (Lipinski definition) is 2. The molecule has 0 unspecified atom stereocenters. The van der Waals surface area contributed by atoms with Crippen LogP contribution in [0.5, 0.6) is 0 Å². The van der Waals surface area contributed by atoms with Gasteiger partial charge in [-0.25, -0.2) is 0 Å². The minimum absolute atomic E-state index is 0.182. The number of rotatable bonds is 2. The first kappa shape index (κ1) is 7.98. The fraction of sp³-hybridized carbons (Fsp3) is 1.00. The third-order valence-electron chi connectivity index (χ3n) is 2.18. The van der Waals surface area contributed by atoms with E-state index < -0.39 is 0 Å². The lowest BCUT2D eigenvalue weighted by atomic mass is 9.94. The summed E-state index contributed by atoms with van der Waals surface area (Å²) in [5.74, 6) is 0. The van der Waals surface area contributed by atoms with Crippen LogP contribution >= 0.6 is 0 Å². The monoisotopic (exact) mass is 144 g/mol. The fourth-order valence-electron chi connectivity index (χ4n) is 1.32. The summed E-state index contributed by atoms with van der Waals surface area (Å²) in [7, 11) is 0. The highest BCUT2D eigenvalue weighted by molar-refractivity contribution is 4.85. The van der Waals surface area contributed by atoms with Gasteiger partial charge in [0.2, 0.25) is 0 Å². The van der Waals surface area contributed by atoms with Crippen molar-refractivity contribution in [3.8, 4) is 0 Å². The van der Waals surface area contributed by atoms with Crippen LogP contribution in [0.15, 0.2) is 0 Å². The quantitative estimate of drug-likeness (QED) is 0.566. The van der Waals surface area contributed by atoms with Gasteiger partial charge in [0, 0.05) is 19.7 Å². The zero-order chi connectivity index (χ0) is 7.45. The van der Waals surface area contributed by atoms with Crippen molar-refractivity contribution in [2.45, 2.75) is 24.9 Å². The molecule has 1 heterocycles. The Balaban J connectivity index is 2.44. The highest BCUT2D eigenvalue weighted by Crippen LogP contribution is 2.22. The first-order chi connectivity index (χ1) is 4.83.